The summed E-state index contributed by atoms with van der Waals surface area (Å²) in [6.07, 6.45) is 2.39. The molecular weight excluding hydrogens is 336 g/mol. The lowest BCUT2D eigenvalue weighted by molar-refractivity contribution is 0.226. The Balaban J connectivity index is 1.55. The fourth-order valence-corrected chi connectivity index (χ4v) is 3.85. The van der Waals surface area contributed by atoms with Crippen molar-refractivity contribution < 1.29 is 0 Å². The molecule has 0 bridgehead atoms. The average molecular weight is 360 g/mol. The number of rotatable bonds is 4. The molecular formula is C21H24N6. The van der Waals surface area contributed by atoms with Gasteiger partial charge in [0, 0.05) is 29.1 Å². The van der Waals surface area contributed by atoms with Crippen LogP contribution in [0.2, 0.25) is 0 Å². The third-order valence-corrected chi connectivity index (χ3v) is 5.31. The number of hydrogen-bond acceptors (Lipinski definition) is 5. The second-order valence-electron chi connectivity index (χ2n) is 7.23. The van der Waals surface area contributed by atoms with E-state index in [0.29, 0.717) is 11.7 Å². The van der Waals surface area contributed by atoms with E-state index in [-0.39, 0.29) is 0 Å². The molecule has 3 heterocycles. The first-order chi connectivity index (χ1) is 13.2. The van der Waals surface area contributed by atoms with Gasteiger partial charge in [-0.15, -0.1) is 10.2 Å². The standard InChI is InChI=1S/C21H24N6/c1-3-27-8-4-5-17(13-27)24-20-9-14(2)21(26-25-20)16-7-6-15-10-18(12-22)23-19(15)11-16/h6-7,9-11,17,23H,3-5,8,13H2,1-2H3,(H,24,25)/t17-/m1/s1. The molecule has 3 aromatic rings. The van der Waals surface area contributed by atoms with Crippen LogP contribution in [0.3, 0.4) is 0 Å². The molecule has 1 aliphatic rings. The van der Waals surface area contributed by atoms with Crippen molar-refractivity contribution in [1.29, 1.82) is 5.26 Å². The summed E-state index contributed by atoms with van der Waals surface area (Å²) in [5.74, 6) is 0.840. The summed E-state index contributed by atoms with van der Waals surface area (Å²) in [6.45, 7) is 7.61. The maximum absolute atomic E-state index is 9.05. The van der Waals surface area contributed by atoms with Crippen LogP contribution in [0.4, 0.5) is 5.82 Å². The zero-order chi connectivity index (χ0) is 18.8. The topological polar surface area (TPSA) is 80.6 Å². The number of nitriles is 1. The van der Waals surface area contributed by atoms with Crippen LogP contribution in [0.1, 0.15) is 31.0 Å². The molecule has 1 saturated heterocycles. The van der Waals surface area contributed by atoms with Gasteiger partial charge in [-0.25, -0.2) is 0 Å². The molecule has 6 nitrogen and oxygen atoms in total. The van der Waals surface area contributed by atoms with Crippen molar-refractivity contribution in [2.24, 2.45) is 0 Å². The van der Waals surface area contributed by atoms with Gasteiger partial charge in [0.05, 0.1) is 5.69 Å². The SMILES string of the molecule is CCN1CCC[C@@H](Nc2cc(C)c(-c3ccc4cc(C#N)[nH]c4c3)nn2)C1. The summed E-state index contributed by atoms with van der Waals surface area (Å²) < 4.78 is 0. The number of anilines is 1. The van der Waals surface area contributed by atoms with Crippen LogP contribution in [-0.4, -0.2) is 45.8 Å². The largest absolute Gasteiger partial charge is 0.365 e. The Hall–Kier alpha value is -2.91. The Labute approximate surface area is 159 Å². The second-order valence-corrected chi connectivity index (χ2v) is 7.23. The van der Waals surface area contributed by atoms with Gasteiger partial charge >= 0.3 is 0 Å². The molecule has 2 N–H and O–H groups in total. The summed E-state index contributed by atoms with van der Waals surface area (Å²) in [5, 5.41) is 22.5. The van der Waals surface area contributed by atoms with E-state index in [9.17, 15) is 0 Å². The molecule has 0 saturated carbocycles. The van der Waals surface area contributed by atoms with E-state index in [2.05, 4.69) is 51.4 Å². The third-order valence-electron chi connectivity index (χ3n) is 5.31. The zero-order valence-electron chi connectivity index (χ0n) is 15.8. The van der Waals surface area contributed by atoms with E-state index in [1.54, 1.807) is 0 Å². The maximum Gasteiger partial charge on any atom is 0.149 e. The summed E-state index contributed by atoms with van der Waals surface area (Å²) in [7, 11) is 0. The Morgan fingerprint density at radius 1 is 1.30 bits per heavy atom. The van der Waals surface area contributed by atoms with Crippen LogP contribution in [0.5, 0.6) is 0 Å². The van der Waals surface area contributed by atoms with Crippen LogP contribution in [-0.2, 0) is 0 Å². The molecule has 4 rings (SSSR count). The number of likely N-dealkylation sites (N-methyl/N-ethyl adjacent to an activating group) is 1. The number of aromatic nitrogens is 3. The number of nitrogens with one attached hydrogen (secondary N) is 2. The molecule has 0 aliphatic carbocycles. The molecule has 2 aromatic heterocycles. The molecule has 1 aliphatic heterocycles. The quantitative estimate of drug-likeness (QED) is 0.741. The number of aryl methyl sites for hydroxylation is 1. The summed E-state index contributed by atoms with van der Waals surface area (Å²) in [5.41, 5.74) is 4.46. The number of hydrogen-bond donors (Lipinski definition) is 2. The number of nitrogens with zero attached hydrogens (tertiary/aromatic N) is 4. The minimum Gasteiger partial charge on any atom is -0.365 e. The van der Waals surface area contributed by atoms with Gasteiger partial charge in [-0.05, 0) is 56.6 Å². The predicted octanol–water partition coefficient (Wildman–Crippen LogP) is 3.70. The van der Waals surface area contributed by atoms with Crippen LogP contribution in [0.15, 0.2) is 30.3 Å². The van der Waals surface area contributed by atoms with Crippen molar-refractivity contribution >= 4 is 16.7 Å². The van der Waals surface area contributed by atoms with Crippen molar-refractivity contribution in [1.82, 2.24) is 20.1 Å². The van der Waals surface area contributed by atoms with E-state index in [1.165, 1.54) is 19.4 Å². The second kappa shape index (κ2) is 7.37. The Morgan fingerprint density at radius 3 is 2.96 bits per heavy atom. The van der Waals surface area contributed by atoms with Crippen molar-refractivity contribution in [3.63, 3.8) is 0 Å². The van der Waals surface area contributed by atoms with E-state index >= 15 is 0 Å². The Bertz CT molecular complexity index is 1000. The van der Waals surface area contributed by atoms with Gasteiger partial charge in [-0.1, -0.05) is 19.1 Å². The average Bonchev–Trinajstić information content (AvgIpc) is 3.10. The number of fused-ring (bicyclic) bond motifs is 1. The summed E-state index contributed by atoms with van der Waals surface area (Å²) in [6, 6.07) is 12.6. The fraction of sp³-hybridized carbons (Fsp3) is 0.381. The normalized spacial score (nSPS) is 17.7. The summed E-state index contributed by atoms with van der Waals surface area (Å²) >= 11 is 0. The third kappa shape index (κ3) is 3.64. The first kappa shape index (κ1) is 17.5. The first-order valence-corrected chi connectivity index (χ1v) is 9.52. The molecule has 138 valence electrons. The lowest BCUT2D eigenvalue weighted by Crippen LogP contribution is -2.42. The van der Waals surface area contributed by atoms with Gasteiger partial charge in [0.1, 0.15) is 17.6 Å². The molecule has 0 radical (unpaired) electrons. The highest BCUT2D eigenvalue weighted by Gasteiger charge is 2.19. The van der Waals surface area contributed by atoms with Crippen molar-refractivity contribution in [3.8, 4) is 17.3 Å². The van der Waals surface area contributed by atoms with Crippen molar-refractivity contribution in [2.45, 2.75) is 32.7 Å². The highest BCUT2D eigenvalue weighted by atomic mass is 15.2. The number of benzene rings is 1. The lowest BCUT2D eigenvalue weighted by Gasteiger charge is -2.32. The van der Waals surface area contributed by atoms with Crippen LogP contribution >= 0.6 is 0 Å². The molecule has 6 heteroatoms. The predicted molar refractivity (Wildman–Crippen MR) is 108 cm³/mol. The van der Waals surface area contributed by atoms with Gasteiger partial charge in [0.25, 0.3) is 0 Å². The van der Waals surface area contributed by atoms with Gasteiger partial charge in [0.2, 0.25) is 0 Å². The number of likely N-dealkylation sites (tertiary alicyclic amines) is 1. The molecule has 0 spiro atoms. The van der Waals surface area contributed by atoms with Gasteiger partial charge in [-0.3, -0.25) is 0 Å². The maximum atomic E-state index is 9.05. The molecule has 27 heavy (non-hydrogen) atoms. The molecule has 1 fully saturated rings. The number of H-pyrrole nitrogens is 1. The van der Waals surface area contributed by atoms with Crippen LogP contribution in [0, 0.1) is 18.3 Å². The lowest BCUT2D eigenvalue weighted by atomic mass is 10.0. The molecule has 0 unspecified atom stereocenters. The Kier molecular flexibility index (Phi) is 4.78. The highest BCUT2D eigenvalue weighted by Crippen LogP contribution is 2.26. The van der Waals surface area contributed by atoms with E-state index in [4.69, 9.17) is 5.26 Å². The minimum absolute atomic E-state index is 0.429. The van der Waals surface area contributed by atoms with Crippen LogP contribution in [0.25, 0.3) is 22.2 Å². The van der Waals surface area contributed by atoms with E-state index in [0.717, 1.165) is 46.6 Å². The van der Waals surface area contributed by atoms with Crippen molar-refractivity contribution in [2.75, 3.05) is 25.0 Å². The fourth-order valence-electron chi connectivity index (χ4n) is 3.85. The highest BCUT2D eigenvalue weighted by molar-refractivity contribution is 5.86. The van der Waals surface area contributed by atoms with Gasteiger partial charge < -0.3 is 15.2 Å². The van der Waals surface area contributed by atoms with Gasteiger partial charge in [-0.2, -0.15) is 5.26 Å². The molecule has 1 atom stereocenters. The smallest absolute Gasteiger partial charge is 0.149 e. The first-order valence-electron chi connectivity index (χ1n) is 9.52. The zero-order valence-corrected chi connectivity index (χ0v) is 15.8. The number of piperidine rings is 1. The van der Waals surface area contributed by atoms with E-state index < -0.39 is 0 Å². The summed E-state index contributed by atoms with van der Waals surface area (Å²) in [4.78, 5) is 5.59. The van der Waals surface area contributed by atoms with Gasteiger partial charge in [0.15, 0.2) is 0 Å². The molecule has 0 amide bonds. The minimum atomic E-state index is 0.429. The van der Waals surface area contributed by atoms with E-state index in [1.807, 2.05) is 24.3 Å². The van der Waals surface area contributed by atoms with Crippen LogP contribution < -0.4 is 5.32 Å². The Morgan fingerprint density at radius 2 is 2.19 bits per heavy atom. The monoisotopic (exact) mass is 360 g/mol. The molecule has 1 aromatic carbocycles. The van der Waals surface area contributed by atoms with Crippen molar-refractivity contribution in [3.05, 3.63) is 41.6 Å². The number of aromatic amines is 1.